The summed E-state index contributed by atoms with van der Waals surface area (Å²) < 4.78 is 13.5. The second-order valence-electron chi connectivity index (χ2n) is 5.51. The summed E-state index contributed by atoms with van der Waals surface area (Å²) in [7, 11) is 0. The minimum absolute atomic E-state index is 0.0744. The topological polar surface area (TPSA) is 47.3 Å². The van der Waals surface area contributed by atoms with Gasteiger partial charge in [-0.15, -0.1) is 0 Å². The standard InChI is InChI=1S/C14H14FN3O/c1-10(19)17-6-14(7-17)8-18(9-14)12-3-2-11(5-16)13(15)4-12/h2-4H,6-9H2,1H3. The average molecular weight is 259 g/mol. The van der Waals surface area contributed by atoms with Gasteiger partial charge in [-0.2, -0.15) is 5.26 Å². The van der Waals surface area contributed by atoms with Crippen LogP contribution in [0, 0.1) is 22.6 Å². The lowest BCUT2D eigenvalue weighted by Crippen LogP contribution is -2.72. The molecule has 1 aromatic carbocycles. The van der Waals surface area contributed by atoms with Crippen LogP contribution in [0.3, 0.4) is 0 Å². The number of hydrogen-bond acceptors (Lipinski definition) is 3. The van der Waals surface area contributed by atoms with Crippen LogP contribution >= 0.6 is 0 Å². The van der Waals surface area contributed by atoms with Gasteiger partial charge in [-0.3, -0.25) is 4.79 Å². The molecule has 4 nitrogen and oxygen atoms in total. The van der Waals surface area contributed by atoms with E-state index in [4.69, 9.17) is 5.26 Å². The molecule has 2 aliphatic rings. The van der Waals surface area contributed by atoms with E-state index in [9.17, 15) is 9.18 Å². The Bertz CT molecular complexity index is 579. The Morgan fingerprint density at radius 2 is 2.05 bits per heavy atom. The van der Waals surface area contributed by atoms with Gasteiger partial charge in [0.05, 0.1) is 5.56 Å². The van der Waals surface area contributed by atoms with Crippen molar-refractivity contribution < 1.29 is 9.18 Å². The van der Waals surface area contributed by atoms with Crippen molar-refractivity contribution in [3.8, 4) is 6.07 Å². The lowest BCUT2D eigenvalue weighted by Gasteiger charge is -2.60. The molecule has 0 bridgehead atoms. The zero-order chi connectivity index (χ0) is 13.6. The third-order valence-electron chi connectivity index (χ3n) is 3.99. The van der Waals surface area contributed by atoms with Crippen molar-refractivity contribution >= 4 is 11.6 Å². The van der Waals surface area contributed by atoms with Crippen LogP contribution in [0.2, 0.25) is 0 Å². The van der Waals surface area contributed by atoms with Crippen LogP contribution in [0.25, 0.3) is 0 Å². The Morgan fingerprint density at radius 1 is 1.37 bits per heavy atom. The molecule has 2 aliphatic heterocycles. The maximum atomic E-state index is 13.5. The van der Waals surface area contributed by atoms with E-state index in [0.29, 0.717) is 0 Å². The molecular weight excluding hydrogens is 245 g/mol. The molecule has 0 unspecified atom stereocenters. The monoisotopic (exact) mass is 259 g/mol. The normalized spacial score (nSPS) is 19.6. The van der Waals surface area contributed by atoms with Gasteiger partial charge < -0.3 is 9.80 Å². The van der Waals surface area contributed by atoms with Gasteiger partial charge in [0.15, 0.2) is 0 Å². The SMILES string of the molecule is CC(=O)N1CC2(C1)CN(c1ccc(C#N)c(F)c1)C2. The molecule has 3 rings (SSSR count). The number of halogens is 1. The highest BCUT2D eigenvalue weighted by Crippen LogP contribution is 2.41. The number of nitriles is 1. The van der Waals surface area contributed by atoms with E-state index >= 15 is 0 Å². The van der Waals surface area contributed by atoms with Crippen molar-refractivity contribution in [3.05, 3.63) is 29.6 Å². The highest BCUT2D eigenvalue weighted by atomic mass is 19.1. The van der Waals surface area contributed by atoms with Gasteiger partial charge in [0.2, 0.25) is 5.91 Å². The fourth-order valence-corrected chi connectivity index (χ4v) is 2.92. The smallest absolute Gasteiger partial charge is 0.219 e. The molecule has 0 N–H and O–H groups in total. The van der Waals surface area contributed by atoms with Crippen molar-refractivity contribution in [2.45, 2.75) is 6.92 Å². The van der Waals surface area contributed by atoms with Crippen LogP contribution < -0.4 is 4.90 Å². The molecule has 1 spiro atoms. The summed E-state index contributed by atoms with van der Waals surface area (Å²) in [5.41, 5.74) is 1.09. The van der Waals surface area contributed by atoms with E-state index < -0.39 is 5.82 Å². The van der Waals surface area contributed by atoms with Gasteiger partial charge in [-0.25, -0.2) is 4.39 Å². The molecule has 0 radical (unpaired) electrons. The predicted octanol–water partition coefficient (Wildman–Crippen LogP) is 1.37. The summed E-state index contributed by atoms with van der Waals surface area (Å²) in [6.45, 7) is 4.89. The zero-order valence-corrected chi connectivity index (χ0v) is 10.7. The number of amides is 1. The van der Waals surface area contributed by atoms with Crippen molar-refractivity contribution in [3.63, 3.8) is 0 Å². The third kappa shape index (κ3) is 1.84. The lowest BCUT2D eigenvalue weighted by molar-refractivity contribution is -0.142. The van der Waals surface area contributed by atoms with Crippen molar-refractivity contribution in [1.29, 1.82) is 5.26 Å². The van der Waals surface area contributed by atoms with Gasteiger partial charge >= 0.3 is 0 Å². The van der Waals surface area contributed by atoms with Crippen LogP contribution in [0.5, 0.6) is 0 Å². The molecule has 19 heavy (non-hydrogen) atoms. The van der Waals surface area contributed by atoms with E-state index in [2.05, 4.69) is 4.90 Å². The molecule has 2 heterocycles. The van der Waals surface area contributed by atoms with Crippen LogP contribution in [-0.2, 0) is 4.79 Å². The first kappa shape index (κ1) is 12.0. The highest BCUT2D eigenvalue weighted by molar-refractivity contribution is 5.74. The summed E-state index contributed by atoms with van der Waals surface area (Å²) >= 11 is 0. The number of rotatable bonds is 1. The predicted molar refractivity (Wildman–Crippen MR) is 68.0 cm³/mol. The summed E-state index contributed by atoms with van der Waals surface area (Å²) in [4.78, 5) is 15.1. The Balaban J connectivity index is 1.64. The highest BCUT2D eigenvalue weighted by Gasteiger charge is 2.52. The minimum Gasteiger partial charge on any atom is -0.370 e. The Morgan fingerprint density at radius 3 is 2.58 bits per heavy atom. The fourth-order valence-electron chi connectivity index (χ4n) is 2.92. The molecule has 1 aromatic rings. The van der Waals surface area contributed by atoms with E-state index in [1.54, 1.807) is 13.0 Å². The van der Waals surface area contributed by atoms with E-state index in [1.807, 2.05) is 11.0 Å². The van der Waals surface area contributed by atoms with Gasteiger partial charge in [-0.1, -0.05) is 0 Å². The first-order valence-electron chi connectivity index (χ1n) is 6.23. The summed E-state index contributed by atoms with van der Waals surface area (Å²) in [5.74, 6) is -0.353. The maximum Gasteiger partial charge on any atom is 0.219 e. The third-order valence-corrected chi connectivity index (χ3v) is 3.99. The first-order valence-corrected chi connectivity index (χ1v) is 6.23. The fraction of sp³-hybridized carbons (Fsp3) is 0.429. The molecule has 0 saturated carbocycles. The Hall–Kier alpha value is -2.09. The minimum atomic E-state index is -0.472. The zero-order valence-electron chi connectivity index (χ0n) is 10.7. The maximum absolute atomic E-state index is 13.5. The van der Waals surface area contributed by atoms with Crippen molar-refractivity contribution in [2.75, 3.05) is 31.1 Å². The molecule has 0 aliphatic carbocycles. The van der Waals surface area contributed by atoms with Crippen LogP contribution in [0.1, 0.15) is 12.5 Å². The van der Waals surface area contributed by atoms with Gasteiger partial charge in [0.25, 0.3) is 0 Å². The second-order valence-corrected chi connectivity index (χ2v) is 5.51. The quantitative estimate of drug-likeness (QED) is 0.765. The molecule has 0 atom stereocenters. The van der Waals surface area contributed by atoms with Crippen LogP contribution in [-0.4, -0.2) is 37.0 Å². The Labute approximate surface area is 111 Å². The van der Waals surface area contributed by atoms with E-state index in [-0.39, 0.29) is 16.9 Å². The number of carbonyl (C=O) groups excluding carboxylic acids is 1. The summed E-state index contributed by atoms with van der Waals surface area (Å²) in [6.07, 6.45) is 0. The van der Waals surface area contributed by atoms with Gasteiger partial charge in [0, 0.05) is 44.2 Å². The number of hydrogen-bond donors (Lipinski definition) is 0. The van der Waals surface area contributed by atoms with Crippen molar-refractivity contribution in [1.82, 2.24) is 4.90 Å². The van der Waals surface area contributed by atoms with E-state index in [1.165, 1.54) is 12.1 Å². The molecule has 5 heteroatoms. The molecule has 0 aromatic heterocycles. The van der Waals surface area contributed by atoms with E-state index in [0.717, 1.165) is 31.9 Å². The lowest BCUT2D eigenvalue weighted by atomic mass is 9.72. The van der Waals surface area contributed by atoms with Gasteiger partial charge in [-0.05, 0) is 18.2 Å². The molecule has 98 valence electrons. The summed E-state index contributed by atoms with van der Waals surface area (Å²) in [5, 5.41) is 8.69. The summed E-state index contributed by atoms with van der Waals surface area (Å²) in [6, 6.07) is 6.51. The Kier molecular flexibility index (Phi) is 2.49. The second kappa shape index (κ2) is 3.95. The first-order chi connectivity index (χ1) is 9.03. The molecule has 1 amide bonds. The van der Waals surface area contributed by atoms with Gasteiger partial charge in [0.1, 0.15) is 11.9 Å². The van der Waals surface area contributed by atoms with Crippen LogP contribution in [0.15, 0.2) is 18.2 Å². The number of nitrogens with zero attached hydrogens (tertiary/aromatic N) is 3. The molecule has 2 fully saturated rings. The number of anilines is 1. The number of benzene rings is 1. The molecule has 2 saturated heterocycles. The number of carbonyl (C=O) groups is 1. The van der Waals surface area contributed by atoms with Crippen molar-refractivity contribution in [2.24, 2.45) is 5.41 Å². The van der Waals surface area contributed by atoms with Crippen LogP contribution in [0.4, 0.5) is 10.1 Å². The molecular formula is C14H14FN3O. The largest absolute Gasteiger partial charge is 0.370 e. The number of likely N-dealkylation sites (tertiary alicyclic amines) is 1. The average Bonchev–Trinajstić information content (AvgIpc) is 2.25.